The number of hydrogen-bond acceptors (Lipinski definition) is 2. The van der Waals surface area contributed by atoms with Crippen molar-refractivity contribution in [3.8, 4) is 0 Å². The summed E-state index contributed by atoms with van der Waals surface area (Å²) in [6.07, 6.45) is 7.00. The second kappa shape index (κ2) is 12.3. The molecule has 0 atom stereocenters. The van der Waals surface area contributed by atoms with Crippen molar-refractivity contribution in [2.75, 3.05) is 0 Å². The van der Waals surface area contributed by atoms with Gasteiger partial charge in [0.1, 0.15) is 0 Å². The van der Waals surface area contributed by atoms with E-state index in [4.69, 9.17) is 0 Å². The number of rotatable bonds is 0. The van der Waals surface area contributed by atoms with E-state index in [1.165, 1.54) is 0 Å². The van der Waals surface area contributed by atoms with Crippen LogP contribution >= 0.6 is 0 Å². The molecule has 0 aliphatic carbocycles. The quantitative estimate of drug-likeness (QED) is 0.674. The Hall–Kier alpha value is -0.661. The third-order valence-corrected chi connectivity index (χ3v) is 1.13. The molecule has 2 rings (SSSR count). The summed E-state index contributed by atoms with van der Waals surface area (Å²) in [5, 5.41) is 0. The minimum absolute atomic E-state index is 1.75. The first-order valence-corrected chi connectivity index (χ1v) is 9.10. The fourth-order valence-electron chi connectivity index (χ4n) is 0.625. The first-order valence-electron chi connectivity index (χ1n) is 3.90. The van der Waals surface area contributed by atoms with E-state index in [1.807, 2.05) is 36.4 Å². The van der Waals surface area contributed by atoms with Crippen LogP contribution in [0, 0.1) is 0 Å². The Morgan fingerprint density at radius 1 is 0.500 bits per heavy atom. The molecule has 0 aliphatic rings. The molecule has 0 N–H and O–H groups in total. The predicted molar refractivity (Wildman–Crippen MR) is 62.8 cm³/mol. The summed E-state index contributed by atoms with van der Waals surface area (Å²) < 4.78 is 0. The van der Waals surface area contributed by atoms with Crippen LogP contribution in [0.25, 0.3) is 0 Å². The minimum Gasteiger partial charge on any atom is -0.265 e. The van der Waals surface area contributed by atoms with Crippen LogP contribution < -0.4 is 0 Å². The molecule has 2 nitrogen and oxygen atoms in total. The van der Waals surface area contributed by atoms with Gasteiger partial charge in [0, 0.05) is 24.8 Å². The summed E-state index contributed by atoms with van der Waals surface area (Å²) in [5.41, 5.74) is 0. The largest absolute Gasteiger partial charge is 0.265 e. The molecule has 0 aliphatic heterocycles. The molecule has 0 amide bonds. The van der Waals surface area contributed by atoms with Crippen molar-refractivity contribution in [2.24, 2.45) is 0 Å². The van der Waals surface area contributed by atoms with Crippen molar-refractivity contribution in [3.63, 3.8) is 0 Å². The van der Waals surface area contributed by atoms with Gasteiger partial charge in [0.05, 0.1) is 0 Å². The Labute approximate surface area is 99.4 Å². The third kappa shape index (κ3) is 9.43. The van der Waals surface area contributed by atoms with Gasteiger partial charge >= 0.3 is 28.4 Å². The third-order valence-electron chi connectivity index (χ3n) is 1.13. The standard InChI is InChI=1S/2C5H5N.H2Se2/c2*1-2-4-6-5-3-1;1-2/h2*1-5H;1-2H. The van der Waals surface area contributed by atoms with Gasteiger partial charge in [-0.3, -0.25) is 9.97 Å². The zero-order chi connectivity index (χ0) is 10.5. The van der Waals surface area contributed by atoms with E-state index < -0.39 is 0 Å². The van der Waals surface area contributed by atoms with Gasteiger partial charge in [-0.25, -0.2) is 0 Å². The van der Waals surface area contributed by atoms with Crippen LogP contribution in [-0.4, -0.2) is 38.3 Å². The topological polar surface area (TPSA) is 25.8 Å². The zero-order valence-corrected chi connectivity index (χ0v) is 11.3. The number of aromatic nitrogens is 2. The van der Waals surface area contributed by atoms with Crippen LogP contribution in [0.2, 0.25) is 0 Å². The van der Waals surface area contributed by atoms with Gasteiger partial charge in [-0.2, -0.15) is 0 Å². The van der Waals surface area contributed by atoms with Crippen LogP contribution in [0.5, 0.6) is 0 Å². The van der Waals surface area contributed by atoms with Gasteiger partial charge in [0.15, 0.2) is 0 Å². The molecule has 2 aromatic heterocycles. The van der Waals surface area contributed by atoms with Crippen molar-refractivity contribution in [1.82, 2.24) is 9.97 Å². The van der Waals surface area contributed by atoms with E-state index in [1.54, 1.807) is 24.8 Å². The molecule has 0 saturated heterocycles. The Bertz CT molecular complexity index is 192. The maximum Gasteiger partial charge on any atom is 0.0267 e. The van der Waals surface area contributed by atoms with E-state index >= 15 is 0 Å². The van der Waals surface area contributed by atoms with E-state index in [9.17, 15) is 0 Å². The molecule has 0 bridgehead atoms. The average Bonchev–Trinajstić information content (AvgIpc) is 2.37. The average molecular weight is 318 g/mol. The smallest absolute Gasteiger partial charge is 0.0267 e. The fourth-order valence-corrected chi connectivity index (χ4v) is 0.625. The molecule has 14 heavy (non-hydrogen) atoms. The summed E-state index contributed by atoms with van der Waals surface area (Å²) in [6.45, 7) is 0. The summed E-state index contributed by atoms with van der Waals surface area (Å²) in [6, 6.07) is 11.4. The first kappa shape index (κ1) is 13.3. The normalized spacial score (nSPS) is 7.29. The zero-order valence-electron chi connectivity index (χ0n) is 7.56. The summed E-state index contributed by atoms with van der Waals surface area (Å²) in [4.78, 5) is 7.57. The predicted octanol–water partition coefficient (Wildman–Crippen LogP) is 0.866. The van der Waals surface area contributed by atoms with Crippen molar-refractivity contribution in [1.29, 1.82) is 0 Å². The maximum atomic E-state index is 3.78. The van der Waals surface area contributed by atoms with E-state index in [-0.39, 0.29) is 0 Å². The van der Waals surface area contributed by atoms with Gasteiger partial charge in [-0.15, -0.1) is 0 Å². The van der Waals surface area contributed by atoms with Gasteiger partial charge < -0.3 is 0 Å². The molecule has 4 heteroatoms. The van der Waals surface area contributed by atoms with Gasteiger partial charge in [0.25, 0.3) is 0 Å². The molecule has 74 valence electrons. The summed E-state index contributed by atoms with van der Waals surface area (Å²) in [7, 11) is 0. The maximum absolute atomic E-state index is 3.78. The van der Waals surface area contributed by atoms with Crippen LogP contribution in [0.4, 0.5) is 0 Å². The van der Waals surface area contributed by atoms with Crippen LogP contribution in [0.1, 0.15) is 0 Å². The van der Waals surface area contributed by atoms with Crippen molar-refractivity contribution < 1.29 is 0 Å². The molecule has 0 saturated carbocycles. The summed E-state index contributed by atoms with van der Waals surface area (Å²) >= 11 is 4.50. The van der Waals surface area contributed by atoms with Crippen LogP contribution in [0.15, 0.2) is 61.2 Å². The Balaban J connectivity index is 0.000000206. The van der Waals surface area contributed by atoms with Gasteiger partial charge in [-0.05, 0) is 24.3 Å². The Kier molecular flexibility index (Phi) is 11.8. The van der Waals surface area contributed by atoms with E-state index in [0.29, 0.717) is 0 Å². The number of pyridine rings is 2. The molecular weight excluding hydrogens is 306 g/mol. The number of nitrogens with zero attached hydrogens (tertiary/aromatic N) is 2. The minimum atomic E-state index is 1.75. The van der Waals surface area contributed by atoms with E-state index in [2.05, 4.69) is 38.3 Å². The van der Waals surface area contributed by atoms with Crippen LogP contribution in [-0.2, 0) is 0 Å². The van der Waals surface area contributed by atoms with Crippen molar-refractivity contribution >= 4 is 28.4 Å². The second-order valence-corrected chi connectivity index (χ2v) is 2.05. The Morgan fingerprint density at radius 3 is 0.857 bits per heavy atom. The molecule has 2 aromatic rings. The molecular formula is C10H12N2Se2. The van der Waals surface area contributed by atoms with Gasteiger partial charge in [-0.1, -0.05) is 12.1 Å². The molecule has 0 fully saturated rings. The van der Waals surface area contributed by atoms with Crippen molar-refractivity contribution in [2.45, 2.75) is 0 Å². The molecule has 0 radical (unpaired) electrons. The number of hydrogen-bond donors (Lipinski definition) is 0. The second-order valence-electron chi connectivity index (χ2n) is 2.05. The van der Waals surface area contributed by atoms with Crippen LogP contribution in [0.3, 0.4) is 0 Å². The fraction of sp³-hybridized carbons (Fsp3) is 0. The van der Waals surface area contributed by atoms with Gasteiger partial charge in [0.2, 0.25) is 0 Å². The molecule has 0 spiro atoms. The molecule has 2 heterocycles. The SMILES string of the molecule is [SeH][SeH].c1ccncc1.c1ccncc1. The molecule has 0 aromatic carbocycles. The Morgan fingerprint density at radius 2 is 0.786 bits per heavy atom. The summed E-state index contributed by atoms with van der Waals surface area (Å²) in [5.74, 6) is 0. The van der Waals surface area contributed by atoms with E-state index in [0.717, 1.165) is 0 Å². The first-order chi connectivity index (χ1) is 7.00. The van der Waals surface area contributed by atoms with Crippen molar-refractivity contribution in [3.05, 3.63) is 61.2 Å². The monoisotopic (exact) mass is 320 g/mol. The molecule has 0 unspecified atom stereocenters.